The zero-order valence-corrected chi connectivity index (χ0v) is 13.0. The smallest absolute Gasteiger partial charge is 0.175 e. The first-order valence-corrected chi connectivity index (χ1v) is 7.53. The number of halogens is 1. The quantitative estimate of drug-likeness (QED) is 0.907. The van der Waals surface area contributed by atoms with Gasteiger partial charge in [-0.25, -0.2) is 0 Å². The number of nitrogens with two attached hydrogens (primary N) is 1. The van der Waals surface area contributed by atoms with Crippen LogP contribution in [0.4, 0.5) is 0 Å². The molecule has 2 N–H and O–H groups in total. The third kappa shape index (κ3) is 2.90. The Kier molecular flexibility index (Phi) is 3.06. The number of fused-ring (bicyclic) bond motifs is 1. The van der Waals surface area contributed by atoms with Crippen LogP contribution in [0.2, 0.25) is 0 Å². The molecule has 0 spiro atoms. The number of rotatable bonds is 2. The summed E-state index contributed by atoms with van der Waals surface area (Å²) < 4.78 is 12.8. The van der Waals surface area contributed by atoms with E-state index in [1.165, 1.54) is 5.56 Å². The van der Waals surface area contributed by atoms with Crippen molar-refractivity contribution in [2.24, 2.45) is 11.1 Å². The molecule has 19 heavy (non-hydrogen) atoms. The Morgan fingerprint density at radius 1 is 1.21 bits per heavy atom. The van der Waals surface area contributed by atoms with Crippen molar-refractivity contribution in [1.29, 1.82) is 0 Å². The number of hydrogen-bond acceptors (Lipinski definition) is 3. The molecule has 1 aliphatic heterocycles. The molecule has 4 heteroatoms. The fourth-order valence-electron chi connectivity index (χ4n) is 2.30. The SMILES string of the molecule is CC1(C)COc2cc(CC3(N)CC3)cc(Br)c2OC1. The number of hydrogen-bond donors (Lipinski definition) is 1. The third-order valence-corrected chi connectivity index (χ3v) is 4.33. The molecule has 0 unspecified atom stereocenters. The second-order valence-electron chi connectivity index (χ2n) is 6.69. The second-order valence-corrected chi connectivity index (χ2v) is 7.54. The first kappa shape index (κ1) is 13.3. The Morgan fingerprint density at radius 3 is 2.58 bits per heavy atom. The molecule has 1 aromatic rings. The van der Waals surface area contributed by atoms with Gasteiger partial charge in [-0.3, -0.25) is 0 Å². The van der Waals surface area contributed by atoms with E-state index in [1.807, 2.05) is 0 Å². The van der Waals surface area contributed by atoms with Crippen molar-refractivity contribution in [3.8, 4) is 11.5 Å². The van der Waals surface area contributed by atoms with Gasteiger partial charge in [0.2, 0.25) is 0 Å². The van der Waals surface area contributed by atoms with Crippen molar-refractivity contribution in [3.63, 3.8) is 0 Å². The fraction of sp³-hybridized carbons (Fsp3) is 0.600. The highest BCUT2D eigenvalue weighted by Crippen LogP contribution is 2.43. The third-order valence-electron chi connectivity index (χ3n) is 3.74. The maximum Gasteiger partial charge on any atom is 0.175 e. The molecule has 104 valence electrons. The summed E-state index contributed by atoms with van der Waals surface area (Å²) in [5.41, 5.74) is 7.45. The number of benzene rings is 1. The predicted octanol–water partition coefficient (Wildman–Crippen LogP) is 3.28. The topological polar surface area (TPSA) is 44.5 Å². The number of ether oxygens (including phenoxy) is 2. The van der Waals surface area contributed by atoms with Crippen molar-refractivity contribution < 1.29 is 9.47 Å². The lowest BCUT2D eigenvalue weighted by atomic mass is 9.97. The average molecular weight is 326 g/mol. The van der Waals surface area contributed by atoms with E-state index in [9.17, 15) is 0 Å². The molecule has 1 aromatic carbocycles. The molecule has 2 aliphatic rings. The van der Waals surface area contributed by atoms with Gasteiger partial charge in [-0.2, -0.15) is 0 Å². The Bertz CT molecular complexity index is 509. The molecule has 1 fully saturated rings. The largest absolute Gasteiger partial charge is 0.489 e. The van der Waals surface area contributed by atoms with Gasteiger partial charge in [-0.15, -0.1) is 0 Å². The van der Waals surface area contributed by atoms with Crippen LogP contribution in [-0.2, 0) is 6.42 Å². The van der Waals surface area contributed by atoms with Gasteiger partial charge in [-0.05, 0) is 52.9 Å². The Balaban J connectivity index is 1.89. The van der Waals surface area contributed by atoms with Gasteiger partial charge < -0.3 is 15.2 Å². The molecular weight excluding hydrogens is 306 g/mol. The average Bonchev–Trinajstić information content (AvgIpc) is 3.04. The van der Waals surface area contributed by atoms with E-state index in [0.29, 0.717) is 13.2 Å². The van der Waals surface area contributed by atoms with Crippen LogP contribution in [0, 0.1) is 5.41 Å². The summed E-state index contributed by atoms with van der Waals surface area (Å²) in [4.78, 5) is 0. The van der Waals surface area contributed by atoms with Crippen LogP contribution in [0.15, 0.2) is 16.6 Å². The van der Waals surface area contributed by atoms with Crippen molar-refractivity contribution in [2.45, 2.75) is 38.6 Å². The Morgan fingerprint density at radius 2 is 1.89 bits per heavy atom. The second kappa shape index (κ2) is 4.38. The van der Waals surface area contributed by atoms with E-state index in [2.05, 4.69) is 41.9 Å². The van der Waals surface area contributed by atoms with Crippen LogP contribution in [-0.4, -0.2) is 18.8 Å². The van der Waals surface area contributed by atoms with E-state index in [0.717, 1.165) is 35.2 Å². The highest BCUT2D eigenvalue weighted by Gasteiger charge is 2.38. The summed E-state index contributed by atoms with van der Waals surface area (Å²) in [7, 11) is 0. The monoisotopic (exact) mass is 325 g/mol. The minimum absolute atomic E-state index is 0.0124. The van der Waals surface area contributed by atoms with Gasteiger partial charge >= 0.3 is 0 Å². The van der Waals surface area contributed by atoms with E-state index in [-0.39, 0.29) is 11.0 Å². The summed E-state index contributed by atoms with van der Waals surface area (Å²) in [6.45, 7) is 5.63. The standard InChI is InChI=1S/C15H20BrNO2/c1-14(2)8-18-12-6-10(7-15(17)3-4-15)5-11(16)13(12)19-9-14/h5-6H,3-4,7-9,17H2,1-2H3. The van der Waals surface area contributed by atoms with Crippen molar-refractivity contribution in [2.75, 3.05) is 13.2 Å². The lowest BCUT2D eigenvalue weighted by molar-refractivity contribution is 0.140. The molecule has 3 rings (SSSR count). The molecule has 0 radical (unpaired) electrons. The maximum absolute atomic E-state index is 6.19. The molecule has 0 aromatic heterocycles. The summed E-state index contributed by atoms with van der Waals surface area (Å²) in [5, 5.41) is 0. The summed E-state index contributed by atoms with van der Waals surface area (Å²) in [6.07, 6.45) is 3.14. The molecule has 1 saturated carbocycles. The van der Waals surface area contributed by atoms with E-state index in [4.69, 9.17) is 15.2 Å². The molecule has 3 nitrogen and oxygen atoms in total. The van der Waals surface area contributed by atoms with Crippen LogP contribution >= 0.6 is 15.9 Å². The Hall–Kier alpha value is -0.740. The predicted molar refractivity (Wildman–Crippen MR) is 78.8 cm³/mol. The fourth-order valence-corrected chi connectivity index (χ4v) is 2.90. The van der Waals surface area contributed by atoms with Gasteiger partial charge in [0.15, 0.2) is 11.5 Å². The minimum Gasteiger partial charge on any atom is -0.489 e. The van der Waals surface area contributed by atoms with Gasteiger partial charge in [0, 0.05) is 11.0 Å². The van der Waals surface area contributed by atoms with Gasteiger partial charge in [0.25, 0.3) is 0 Å². The highest BCUT2D eigenvalue weighted by molar-refractivity contribution is 9.10. The molecule has 0 saturated heterocycles. The van der Waals surface area contributed by atoms with E-state index >= 15 is 0 Å². The van der Waals surface area contributed by atoms with Crippen LogP contribution in [0.5, 0.6) is 11.5 Å². The zero-order valence-electron chi connectivity index (χ0n) is 11.5. The van der Waals surface area contributed by atoms with Crippen LogP contribution < -0.4 is 15.2 Å². The van der Waals surface area contributed by atoms with E-state index < -0.39 is 0 Å². The molecule has 1 heterocycles. The summed E-state index contributed by atoms with van der Waals surface area (Å²) in [6, 6.07) is 4.18. The first-order valence-electron chi connectivity index (χ1n) is 6.74. The van der Waals surface area contributed by atoms with Crippen LogP contribution in [0.1, 0.15) is 32.3 Å². The highest BCUT2D eigenvalue weighted by atomic mass is 79.9. The Labute approximate surface area is 122 Å². The van der Waals surface area contributed by atoms with Crippen LogP contribution in [0.25, 0.3) is 0 Å². The molecule has 0 atom stereocenters. The lowest BCUT2D eigenvalue weighted by Crippen LogP contribution is -2.26. The molecular formula is C15H20BrNO2. The van der Waals surface area contributed by atoms with Crippen molar-refractivity contribution in [1.82, 2.24) is 0 Å². The normalized spacial score (nSPS) is 22.7. The van der Waals surface area contributed by atoms with Gasteiger partial charge in [0.1, 0.15) is 0 Å². The lowest BCUT2D eigenvalue weighted by Gasteiger charge is -2.19. The van der Waals surface area contributed by atoms with Crippen LogP contribution in [0.3, 0.4) is 0 Å². The van der Waals surface area contributed by atoms with Crippen molar-refractivity contribution >= 4 is 15.9 Å². The van der Waals surface area contributed by atoms with Gasteiger partial charge in [-0.1, -0.05) is 13.8 Å². The summed E-state index contributed by atoms with van der Waals surface area (Å²) in [5.74, 6) is 1.65. The first-order chi connectivity index (χ1) is 8.87. The molecule has 0 amide bonds. The van der Waals surface area contributed by atoms with Gasteiger partial charge in [0.05, 0.1) is 17.7 Å². The molecule has 1 aliphatic carbocycles. The minimum atomic E-state index is 0.0124. The van der Waals surface area contributed by atoms with Crippen molar-refractivity contribution in [3.05, 3.63) is 22.2 Å². The molecule has 0 bridgehead atoms. The maximum atomic E-state index is 6.19. The summed E-state index contributed by atoms with van der Waals surface area (Å²) >= 11 is 3.59. The zero-order chi connectivity index (χ0) is 13.7. The van der Waals surface area contributed by atoms with E-state index in [1.54, 1.807) is 0 Å².